The van der Waals surface area contributed by atoms with E-state index >= 15 is 0 Å². The van der Waals surface area contributed by atoms with E-state index in [1.165, 1.54) is 18.3 Å². The minimum absolute atomic E-state index is 0.0534. The van der Waals surface area contributed by atoms with Gasteiger partial charge in [-0.2, -0.15) is 0 Å². The number of carbonyl (C=O) groups excluding carboxylic acids is 1. The third-order valence-electron chi connectivity index (χ3n) is 3.88. The quantitative estimate of drug-likeness (QED) is 0.513. The summed E-state index contributed by atoms with van der Waals surface area (Å²) in [6.07, 6.45) is 1.76. The zero-order valence-corrected chi connectivity index (χ0v) is 17.7. The molecule has 0 aliphatic carbocycles. The molecule has 29 heavy (non-hydrogen) atoms. The molecule has 1 atom stereocenters. The van der Waals surface area contributed by atoms with Crippen molar-refractivity contribution in [3.05, 3.63) is 60.3 Å². The number of rotatable bonds is 8. The number of amides is 1. The number of hydrogen-bond acceptors (Lipinski definition) is 6. The van der Waals surface area contributed by atoms with Crippen LogP contribution in [0.2, 0.25) is 0 Å². The van der Waals surface area contributed by atoms with Gasteiger partial charge in [-0.3, -0.25) is 4.79 Å². The van der Waals surface area contributed by atoms with Crippen LogP contribution in [0, 0.1) is 0 Å². The zero-order chi connectivity index (χ0) is 20.8. The first kappa shape index (κ1) is 20.7. The fraction of sp³-hybridized carbons (Fsp3) is 0.273. The minimum Gasteiger partial charge on any atom is -0.491 e. The zero-order valence-electron chi connectivity index (χ0n) is 16.8. The molecule has 0 saturated heterocycles. The molecule has 6 nitrogen and oxygen atoms in total. The van der Waals surface area contributed by atoms with Crippen molar-refractivity contribution in [2.24, 2.45) is 0 Å². The van der Waals surface area contributed by atoms with E-state index in [9.17, 15) is 4.79 Å². The second-order valence-corrected chi connectivity index (χ2v) is 7.73. The highest BCUT2D eigenvalue weighted by Gasteiger charge is 2.09. The van der Waals surface area contributed by atoms with Crippen molar-refractivity contribution in [1.82, 2.24) is 10.3 Å². The van der Waals surface area contributed by atoms with Gasteiger partial charge >= 0.3 is 0 Å². The monoisotopic (exact) mass is 412 g/mol. The molecule has 0 aliphatic heterocycles. The molecule has 0 bridgehead atoms. The van der Waals surface area contributed by atoms with Crippen molar-refractivity contribution in [3.63, 3.8) is 0 Å². The number of benzene rings is 2. The van der Waals surface area contributed by atoms with Crippen LogP contribution >= 0.6 is 11.3 Å². The highest BCUT2D eigenvalue weighted by atomic mass is 32.1. The highest BCUT2D eigenvalue weighted by molar-refractivity contribution is 7.15. The maximum Gasteiger partial charge on any atom is 0.282 e. The summed E-state index contributed by atoms with van der Waals surface area (Å²) < 4.78 is 17.2. The van der Waals surface area contributed by atoms with Gasteiger partial charge in [-0.05, 0) is 74.1 Å². The van der Waals surface area contributed by atoms with Crippen LogP contribution in [-0.2, 0) is 4.79 Å². The topological polar surface area (TPSA) is 69.7 Å². The number of aromatic nitrogens is 1. The van der Waals surface area contributed by atoms with E-state index < -0.39 is 0 Å². The lowest BCUT2D eigenvalue weighted by Crippen LogP contribution is -2.23. The standard InChI is InChI=1S/C22H24N2O4S/c1-14(2)26-18-9-11-20(12-10-18)28-22-23-13-21(29-22)27-19-7-5-17(6-8-19)15(3)24-16(4)25/h5-15H,1-4H3,(H,24,25). The molecule has 3 aromatic rings. The van der Waals surface area contributed by atoms with Gasteiger partial charge in [-0.15, -0.1) is 0 Å². The molecular weight excluding hydrogens is 388 g/mol. The number of ether oxygens (including phenoxy) is 3. The van der Waals surface area contributed by atoms with E-state index in [-0.39, 0.29) is 18.1 Å². The number of carbonyl (C=O) groups is 1. The second kappa shape index (κ2) is 9.43. The summed E-state index contributed by atoms with van der Waals surface area (Å²) in [6.45, 7) is 7.41. The van der Waals surface area contributed by atoms with E-state index in [1.54, 1.807) is 6.20 Å². The number of nitrogens with zero attached hydrogens (tertiary/aromatic N) is 1. The lowest BCUT2D eigenvalue weighted by atomic mass is 10.1. The van der Waals surface area contributed by atoms with Crippen LogP contribution in [0.5, 0.6) is 27.5 Å². The summed E-state index contributed by atoms with van der Waals surface area (Å²) >= 11 is 1.31. The smallest absolute Gasteiger partial charge is 0.282 e. The fourth-order valence-electron chi connectivity index (χ4n) is 2.63. The van der Waals surface area contributed by atoms with Crippen LogP contribution in [0.1, 0.15) is 39.3 Å². The van der Waals surface area contributed by atoms with Gasteiger partial charge in [0.1, 0.15) is 17.2 Å². The van der Waals surface area contributed by atoms with E-state index in [4.69, 9.17) is 14.2 Å². The predicted octanol–water partition coefficient (Wildman–Crippen LogP) is 5.71. The first-order valence-corrected chi connectivity index (χ1v) is 10.2. The highest BCUT2D eigenvalue weighted by Crippen LogP contribution is 2.34. The average Bonchev–Trinajstić information content (AvgIpc) is 3.10. The van der Waals surface area contributed by atoms with Gasteiger partial charge < -0.3 is 19.5 Å². The Morgan fingerprint density at radius 3 is 2.14 bits per heavy atom. The molecule has 3 rings (SSSR count). The number of nitrogens with one attached hydrogen (secondary N) is 1. The largest absolute Gasteiger partial charge is 0.491 e. The molecule has 0 saturated carbocycles. The summed E-state index contributed by atoms with van der Waals surface area (Å²) in [5, 5.41) is 3.98. The molecule has 2 aromatic carbocycles. The number of thiazole rings is 1. The Kier molecular flexibility index (Phi) is 6.72. The lowest BCUT2D eigenvalue weighted by Gasteiger charge is -2.13. The first-order chi connectivity index (χ1) is 13.9. The molecule has 0 aliphatic rings. The molecule has 0 fully saturated rings. The van der Waals surface area contributed by atoms with E-state index in [0.29, 0.717) is 21.8 Å². The Morgan fingerprint density at radius 2 is 1.52 bits per heavy atom. The molecule has 1 aromatic heterocycles. The van der Waals surface area contributed by atoms with Gasteiger partial charge in [-0.25, -0.2) is 4.98 Å². The Labute approximate surface area is 174 Å². The van der Waals surface area contributed by atoms with E-state index in [2.05, 4.69) is 10.3 Å². The third-order valence-corrected chi connectivity index (χ3v) is 4.64. The Hall–Kier alpha value is -3.06. The Morgan fingerprint density at radius 1 is 0.931 bits per heavy atom. The number of hydrogen-bond donors (Lipinski definition) is 1. The van der Waals surface area contributed by atoms with Crippen LogP contribution in [0.15, 0.2) is 54.7 Å². The van der Waals surface area contributed by atoms with Crippen molar-refractivity contribution in [2.45, 2.75) is 39.8 Å². The first-order valence-electron chi connectivity index (χ1n) is 9.34. The summed E-state index contributed by atoms with van der Waals surface area (Å²) in [5.74, 6) is 2.11. The van der Waals surface area contributed by atoms with Crippen molar-refractivity contribution < 1.29 is 19.0 Å². The maximum absolute atomic E-state index is 11.2. The van der Waals surface area contributed by atoms with Gasteiger partial charge in [-0.1, -0.05) is 12.1 Å². The SMILES string of the molecule is CC(=O)NC(C)c1ccc(Oc2cnc(Oc3ccc(OC(C)C)cc3)s2)cc1. The van der Waals surface area contributed by atoms with Gasteiger partial charge in [0.25, 0.3) is 5.19 Å². The summed E-state index contributed by atoms with van der Waals surface area (Å²) in [4.78, 5) is 15.4. The third kappa shape index (κ3) is 6.22. The second-order valence-electron chi connectivity index (χ2n) is 6.78. The van der Waals surface area contributed by atoms with Gasteiger partial charge in [0, 0.05) is 6.92 Å². The van der Waals surface area contributed by atoms with Crippen molar-refractivity contribution in [1.29, 1.82) is 0 Å². The molecule has 152 valence electrons. The van der Waals surface area contributed by atoms with Crippen LogP contribution in [-0.4, -0.2) is 17.0 Å². The molecular formula is C22H24N2O4S. The summed E-state index contributed by atoms with van der Waals surface area (Å²) in [5.41, 5.74) is 1.01. The Balaban J connectivity index is 1.58. The van der Waals surface area contributed by atoms with Crippen molar-refractivity contribution in [2.75, 3.05) is 0 Å². The van der Waals surface area contributed by atoms with Crippen LogP contribution in [0.3, 0.4) is 0 Å². The van der Waals surface area contributed by atoms with E-state index in [0.717, 1.165) is 11.3 Å². The molecule has 1 amide bonds. The molecule has 7 heteroatoms. The van der Waals surface area contributed by atoms with Crippen LogP contribution < -0.4 is 19.5 Å². The van der Waals surface area contributed by atoms with Gasteiger partial charge in [0.2, 0.25) is 11.0 Å². The maximum atomic E-state index is 11.2. The normalized spacial score (nSPS) is 11.8. The molecule has 1 heterocycles. The van der Waals surface area contributed by atoms with Crippen molar-refractivity contribution in [3.8, 4) is 27.5 Å². The summed E-state index contributed by atoms with van der Waals surface area (Å²) in [7, 11) is 0. The van der Waals surface area contributed by atoms with Gasteiger partial charge in [0.15, 0.2) is 0 Å². The van der Waals surface area contributed by atoms with Crippen LogP contribution in [0.25, 0.3) is 0 Å². The lowest BCUT2D eigenvalue weighted by molar-refractivity contribution is -0.119. The average molecular weight is 413 g/mol. The van der Waals surface area contributed by atoms with Crippen molar-refractivity contribution >= 4 is 17.2 Å². The molecule has 0 spiro atoms. The molecule has 1 unspecified atom stereocenters. The molecule has 0 radical (unpaired) electrons. The van der Waals surface area contributed by atoms with Gasteiger partial charge in [0.05, 0.1) is 18.3 Å². The van der Waals surface area contributed by atoms with E-state index in [1.807, 2.05) is 69.3 Å². The molecule has 1 N–H and O–H groups in total. The fourth-order valence-corrected chi connectivity index (χ4v) is 3.29. The Bertz CT molecular complexity index is 936. The minimum atomic E-state index is -0.0582. The summed E-state index contributed by atoms with van der Waals surface area (Å²) in [6, 6.07) is 14.9. The van der Waals surface area contributed by atoms with Crippen LogP contribution in [0.4, 0.5) is 0 Å². The predicted molar refractivity (Wildman–Crippen MR) is 113 cm³/mol.